The molecule has 0 aliphatic heterocycles. The van der Waals surface area contributed by atoms with Crippen LogP contribution in [0.4, 0.5) is 5.69 Å². The topological polar surface area (TPSA) is 109 Å². The van der Waals surface area contributed by atoms with Gasteiger partial charge in [0.25, 0.3) is 11.5 Å². The van der Waals surface area contributed by atoms with Gasteiger partial charge >= 0.3 is 5.97 Å². The Morgan fingerprint density at radius 1 is 1.19 bits per heavy atom. The average molecular weight is 382 g/mol. The summed E-state index contributed by atoms with van der Waals surface area (Å²) in [5.74, 6) is -0.786. The molecular formula is C16H16ClN3O6. The second-order valence-electron chi connectivity index (χ2n) is 4.99. The van der Waals surface area contributed by atoms with Gasteiger partial charge in [0.2, 0.25) is 0 Å². The van der Waals surface area contributed by atoms with Crippen molar-refractivity contribution in [3.8, 4) is 11.5 Å². The average Bonchev–Trinajstić information content (AvgIpc) is 2.62. The number of carbonyl (C=O) groups excluding carboxylic acids is 2. The van der Waals surface area contributed by atoms with Crippen LogP contribution in [0.5, 0.6) is 11.5 Å². The number of benzene rings is 1. The van der Waals surface area contributed by atoms with Crippen LogP contribution in [-0.4, -0.2) is 42.5 Å². The Hall–Kier alpha value is -3.07. The second-order valence-corrected chi connectivity index (χ2v) is 5.40. The Bertz CT molecular complexity index is 896. The molecule has 0 aliphatic rings. The van der Waals surface area contributed by atoms with Crippen LogP contribution in [0.3, 0.4) is 0 Å². The largest absolute Gasteiger partial charge is 0.495 e. The van der Waals surface area contributed by atoms with Crippen LogP contribution in [0.15, 0.2) is 29.1 Å². The lowest BCUT2D eigenvalue weighted by Crippen LogP contribution is -2.24. The summed E-state index contributed by atoms with van der Waals surface area (Å²) in [5.41, 5.74) is -0.163. The number of aryl methyl sites for hydroxylation is 1. The minimum atomic E-state index is -0.837. The van der Waals surface area contributed by atoms with Crippen LogP contribution in [0, 0.1) is 0 Å². The van der Waals surface area contributed by atoms with Gasteiger partial charge in [-0.25, -0.2) is 9.48 Å². The van der Waals surface area contributed by atoms with Gasteiger partial charge in [-0.1, -0.05) is 11.6 Å². The third-order valence-corrected chi connectivity index (χ3v) is 3.55. The van der Waals surface area contributed by atoms with Crippen LogP contribution >= 0.6 is 11.6 Å². The van der Waals surface area contributed by atoms with Crippen LogP contribution in [-0.2, 0) is 16.6 Å². The molecule has 0 radical (unpaired) electrons. The molecular weight excluding hydrogens is 366 g/mol. The zero-order valence-electron chi connectivity index (χ0n) is 14.2. The molecule has 0 spiro atoms. The Morgan fingerprint density at radius 2 is 1.88 bits per heavy atom. The number of esters is 1. The monoisotopic (exact) mass is 381 g/mol. The van der Waals surface area contributed by atoms with E-state index in [2.05, 4.69) is 10.4 Å². The first-order chi connectivity index (χ1) is 12.3. The fourth-order valence-corrected chi connectivity index (χ4v) is 2.19. The number of nitrogens with zero attached hydrogens (tertiary/aromatic N) is 2. The van der Waals surface area contributed by atoms with E-state index in [0.29, 0.717) is 22.2 Å². The fourth-order valence-electron chi connectivity index (χ4n) is 1.96. The third-order valence-electron chi connectivity index (χ3n) is 3.25. The van der Waals surface area contributed by atoms with Gasteiger partial charge in [-0.3, -0.25) is 9.59 Å². The maximum atomic E-state index is 12.0. The van der Waals surface area contributed by atoms with E-state index < -0.39 is 18.5 Å². The minimum absolute atomic E-state index is 0.0920. The van der Waals surface area contributed by atoms with Crippen molar-refractivity contribution in [1.82, 2.24) is 9.78 Å². The number of anilines is 1. The summed E-state index contributed by atoms with van der Waals surface area (Å²) in [6, 6.07) is 5.36. The molecule has 1 N–H and O–H groups in total. The highest BCUT2D eigenvalue weighted by Gasteiger charge is 2.15. The standard InChI is InChI=1S/C16H16ClN3O6/c1-20-15(22)5-4-10(19-20)16(23)26-8-14(21)18-11-7-12(24-2)9(17)6-13(11)25-3/h4-7H,8H2,1-3H3,(H,18,21). The molecule has 0 atom stereocenters. The molecule has 9 nitrogen and oxygen atoms in total. The van der Waals surface area contributed by atoms with E-state index in [1.807, 2.05) is 0 Å². The lowest BCUT2D eigenvalue weighted by Gasteiger charge is -2.13. The Morgan fingerprint density at radius 3 is 2.50 bits per heavy atom. The number of rotatable bonds is 6. The molecule has 0 saturated heterocycles. The first-order valence-corrected chi connectivity index (χ1v) is 7.66. The zero-order chi connectivity index (χ0) is 19.3. The number of halogens is 1. The highest BCUT2D eigenvalue weighted by molar-refractivity contribution is 6.32. The number of aromatic nitrogens is 2. The van der Waals surface area contributed by atoms with Crippen molar-refractivity contribution in [2.75, 3.05) is 26.1 Å². The molecule has 1 aromatic heterocycles. The van der Waals surface area contributed by atoms with Crippen molar-refractivity contribution in [3.63, 3.8) is 0 Å². The zero-order valence-corrected chi connectivity index (χ0v) is 15.0. The predicted octanol–water partition coefficient (Wildman–Crippen LogP) is 1.25. The summed E-state index contributed by atoms with van der Waals surface area (Å²) in [7, 11) is 4.24. The quantitative estimate of drug-likeness (QED) is 0.750. The maximum Gasteiger partial charge on any atom is 0.359 e. The first-order valence-electron chi connectivity index (χ1n) is 7.28. The van der Waals surface area contributed by atoms with Gasteiger partial charge in [-0.15, -0.1) is 0 Å². The molecule has 1 aromatic carbocycles. The van der Waals surface area contributed by atoms with Gasteiger partial charge in [-0.2, -0.15) is 5.10 Å². The molecule has 1 heterocycles. The molecule has 2 rings (SSSR count). The minimum Gasteiger partial charge on any atom is -0.495 e. The molecule has 0 fully saturated rings. The third kappa shape index (κ3) is 4.51. The number of hydrogen-bond acceptors (Lipinski definition) is 7. The molecule has 0 bridgehead atoms. The van der Waals surface area contributed by atoms with E-state index in [0.717, 1.165) is 4.68 Å². The van der Waals surface area contributed by atoms with E-state index in [-0.39, 0.29) is 11.3 Å². The summed E-state index contributed by atoms with van der Waals surface area (Å²) in [5, 5.41) is 6.59. The van der Waals surface area contributed by atoms with Gasteiger partial charge in [0.05, 0.1) is 24.9 Å². The van der Waals surface area contributed by atoms with Gasteiger partial charge in [0.1, 0.15) is 11.5 Å². The van der Waals surface area contributed by atoms with Gasteiger partial charge in [0, 0.05) is 25.2 Å². The number of methoxy groups -OCH3 is 2. The van der Waals surface area contributed by atoms with Crippen LogP contribution < -0.4 is 20.3 Å². The highest BCUT2D eigenvalue weighted by atomic mass is 35.5. The lowest BCUT2D eigenvalue weighted by molar-refractivity contribution is -0.119. The smallest absolute Gasteiger partial charge is 0.359 e. The van der Waals surface area contributed by atoms with Crippen molar-refractivity contribution in [3.05, 3.63) is 45.3 Å². The molecule has 1 amide bonds. The van der Waals surface area contributed by atoms with E-state index in [1.54, 1.807) is 0 Å². The number of hydrogen-bond donors (Lipinski definition) is 1. The molecule has 2 aromatic rings. The van der Waals surface area contributed by atoms with Gasteiger partial charge in [-0.05, 0) is 6.07 Å². The highest BCUT2D eigenvalue weighted by Crippen LogP contribution is 2.35. The molecule has 0 aliphatic carbocycles. The Balaban J connectivity index is 2.03. The Labute approximate surface area is 153 Å². The molecule has 0 saturated carbocycles. The summed E-state index contributed by atoms with van der Waals surface area (Å²) in [6.45, 7) is -0.558. The van der Waals surface area contributed by atoms with Crippen molar-refractivity contribution >= 4 is 29.2 Å². The van der Waals surface area contributed by atoms with E-state index in [9.17, 15) is 14.4 Å². The van der Waals surface area contributed by atoms with Crippen LogP contribution in [0.2, 0.25) is 5.02 Å². The summed E-state index contributed by atoms with van der Waals surface area (Å²) < 4.78 is 16.1. The maximum absolute atomic E-state index is 12.0. The summed E-state index contributed by atoms with van der Waals surface area (Å²) in [6.07, 6.45) is 0. The molecule has 10 heteroatoms. The second kappa shape index (κ2) is 8.34. The normalized spacial score (nSPS) is 10.2. The van der Waals surface area contributed by atoms with E-state index in [1.165, 1.54) is 45.5 Å². The number of ether oxygens (including phenoxy) is 3. The van der Waals surface area contributed by atoms with Crippen LogP contribution in [0.1, 0.15) is 10.5 Å². The van der Waals surface area contributed by atoms with Crippen molar-refractivity contribution in [1.29, 1.82) is 0 Å². The van der Waals surface area contributed by atoms with E-state index >= 15 is 0 Å². The number of amides is 1. The lowest BCUT2D eigenvalue weighted by atomic mass is 10.2. The first kappa shape index (κ1) is 19.3. The molecule has 26 heavy (non-hydrogen) atoms. The summed E-state index contributed by atoms with van der Waals surface area (Å²) in [4.78, 5) is 35.2. The fraction of sp³-hybridized carbons (Fsp3) is 0.250. The van der Waals surface area contributed by atoms with Crippen molar-refractivity contribution in [2.45, 2.75) is 0 Å². The predicted molar refractivity (Wildman–Crippen MR) is 92.9 cm³/mol. The van der Waals surface area contributed by atoms with Crippen molar-refractivity contribution < 1.29 is 23.8 Å². The number of carbonyl (C=O) groups is 2. The number of nitrogens with one attached hydrogen (secondary N) is 1. The van der Waals surface area contributed by atoms with Crippen LogP contribution in [0.25, 0.3) is 0 Å². The van der Waals surface area contributed by atoms with Gasteiger partial charge < -0.3 is 19.5 Å². The summed E-state index contributed by atoms with van der Waals surface area (Å²) >= 11 is 5.99. The SMILES string of the molecule is COc1cc(NC(=O)COC(=O)c2ccc(=O)n(C)n2)c(OC)cc1Cl. The van der Waals surface area contributed by atoms with E-state index in [4.69, 9.17) is 25.8 Å². The Kier molecular flexibility index (Phi) is 6.18. The van der Waals surface area contributed by atoms with Crippen molar-refractivity contribution in [2.24, 2.45) is 7.05 Å². The van der Waals surface area contributed by atoms with Gasteiger partial charge in [0.15, 0.2) is 12.3 Å². The molecule has 0 unspecified atom stereocenters. The molecule has 138 valence electrons.